The monoisotopic (exact) mass is 238 g/mol. The second-order valence-corrected chi connectivity index (χ2v) is 4.59. The highest BCUT2D eigenvalue weighted by molar-refractivity contribution is 5.92. The standard InChI is InChI=1S/C15H14N2O/c1-9-6-13-14(7-10(9)2)18-17-15(13)11-4-3-5-12(16)8-11/h3-8H,16H2,1-2H3. The van der Waals surface area contributed by atoms with Crippen molar-refractivity contribution >= 4 is 16.7 Å². The summed E-state index contributed by atoms with van der Waals surface area (Å²) >= 11 is 0. The van der Waals surface area contributed by atoms with E-state index < -0.39 is 0 Å². The zero-order valence-electron chi connectivity index (χ0n) is 10.4. The molecule has 0 spiro atoms. The molecule has 3 heteroatoms. The molecule has 2 N–H and O–H groups in total. The number of benzene rings is 2. The molecule has 0 radical (unpaired) electrons. The summed E-state index contributed by atoms with van der Waals surface area (Å²) in [4.78, 5) is 0. The van der Waals surface area contributed by atoms with Crippen molar-refractivity contribution in [2.45, 2.75) is 13.8 Å². The minimum atomic E-state index is 0.729. The molecule has 18 heavy (non-hydrogen) atoms. The Morgan fingerprint density at radius 2 is 1.83 bits per heavy atom. The van der Waals surface area contributed by atoms with Crippen molar-refractivity contribution in [3.05, 3.63) is 47.5 Å². The molecule has 3 aromatic rings. The Labute approximate surface area is 105 Å². The Bertz CT molecular complexity index is 728. The van der Waals surface area contributed by atoms with E-state index in [-0.39, 0.29) is 0 Å². The molecule has 1 heterocycles. The topological polar surface area (TPSA) is 52.0 Å². The van der Waals surface area contributed by atoms with E-state index in [9.17, 15) is 0 Å². The highest BCUT2D eigenvalue weighted by atomic mass is 16.5. The van der Waals surface area contributed by atoms with Gasteiger partial charge in [0.05, 0.1) is 0 Å². The predicted octanol–water partition coefficient (Wildman–Crippen LogP) is 3.69. The molecule has 3 rings (SSSR count). The first-order valence-corrected chi connectivity index (χ1v) is 5.88. The van der Waals surface area contributed by atoms with Gasteiger partial charge in [-0.1, -0.05) is 17.3 Å². The van der Waals surface area contributed by atoms with E-state index in [2.05, 4.69) is 25.1 Å². The van der Waals surface area contributed by atoms with Crippen molar-refractivity contribution in [3.63, 3.8) is 0 Å². The van der Waals surface area contributed by atoms with Crippen LogP contribution >= 0.6 is 0 Å². The van der Waals surface area contributed by atoms with Crippen molar-refractivity contribution in [1.29, 1.82) is 0 Å². The van der Waals surface area contributed by atoms with Crippen molar-refractivity contribution in [2.24, 2.45) is 0 Å². The molecule has 0 bridgehead atoms. The molecular weight excluding hydrogens is 224 g/mol. The molecule has 90 valence electrons. The molecule has 0 atom stereocenters. The molecular formula is C15H14N2O. The number of nitrogens with two attached hydrogens (primary N) is 1. The van der Waals surface area contributed by atoms with E-state index in [1.54, 1.807) is 0 Å². The molecule has 0 fully saturated rings. The SMILES string of the molecule is Cc1cc2onc(-c3cccc(N)c3)c2cc1C. The lowest BCUT2D eigenvalue weighted by Crippen LogP contribution is -1.86. The average molecular weight is 238 g/mol. The first-order chi connectivity index (χ1) is 8.65. The normalized spacial score (nSPS) is 11.0. The predicted molar refractivity (Wildman–Crippen MR) is 73.3 cm³/mol. The number of hydrogen-bond donors (Lipinski definition) is 1. The maximum absolute atomic E-state index is 5.80. The lowest BCUT2D eigenvalue weighted by molar-refractivity contribution is 0.459. The molecule has 2 aromatic carbocycles. The van der Waals surface area contributed by atoms with E-state index in [4.69, 9.17) is 10.3 Å². The Hall–Kier alpha value is -2.29. The lowest BCUT2D eigenvalue weighted by atomic mass is 10.0. The highest BCUT2D eigenvalue weighted by Crippen LogP contribution is 2.30. The van der Waals surface area contributed by atoms with Crippen LogP contribution in [0, 0.1) is 13.8 Å². The Morgan fingerprint density at radius 1 is 1.06 bits per heavy atom. The lowest BCUT2D eigenvalue weighted by Gasteiger charge is -2.01. The van der Waals surface area contributed by atoms with Crippen LogP contribution in [0.1, 0.15) is 11.1 Å². The van der Waals surface area contributed by atoms with E-state index in [1.807, 2.05) is 30.3 Å². The third kappa shape index (κ3) is 1.64. The van der Waals surface area contributed by atoms with Gasteiger partial charge in [0, 0.05) is 16.6 Å². The van der Waals surface area contributed by atoms with Gasteiger partial charge in [0.2, 0.25) is 0 Å². The molecule has 0 saturated heterocycles. The van der Waals surface area contributed by atoms with E-state index >= 15 is 0 Å². The number of rotatable bonds is 1. The number of aromatic nitrogens is 1. The van der Waals surface area contributed by atoms with Gasteiger partial charge in [-0.2, -0.15) is 0 Å². The fourth-order valence-electron chi connectivity index (χ4n) is 2.09. The van der Waals surface area contributed by atoms with E-state index in [0.717, 1.165) is 27.9 Å². The third-order valence-corrected chi connectivity index (χ3v) is 3.25. The van der Waals surface area contributed by atoms with Gasteiger partial charge >= 0.3 is 0 Å². The van der Waals surface area contributed by atoms with Gasteiger partial charge in [0.1, 0.15) is 5.69 Å². The van der Waals surface area contributed by atoms with Gasteiger partial charge in [-0.3, -0.25) is 0 Å². The van der Waals surface area contributed by atoms with Crippen LogP contribution in [-0.4, -0.2) is 5.16 Å². The molecule has 0 amide bonds. The summed E-state index contributed by atoms with van der Waals surface area (Å²) in [5, 5.41) is 5.19. The number of aryl methyl sites for hydroxylation is 2. The largest absolute Gasteiger partial charge is 0.399 e. The van der Waals surface area contributed by atoms with Crippen molar-refractivity contribution in [3.8, 4) is 11.3 Å². The van der Waals surface area contributed by atoms with Gasteiger partial charge in [0.15, 0.2) is 5.58 Å². The fourth-order valence-corrected chi connectivity index (χ4v) is 2.09. The van der Waals surface area contributed by atoms with Crippen LogP contribution in [0.5, 0.6) is 0 Å². The van der Waals surface area contributed by atoms with Gasteiger partial charge < -0.3 is 10.3 Å². The Balaban J connectivity index is 2.27. The van der Waals surface area contributed by atoms with Crippen molar-refractivity contribution in [2.75, 3.05) is 5.73 Å². The minimum Gasteiger partial charge on any atom is -0.399 e. The van der Waals surface area contributed by atoms with E-state index in [0.29, 0.717) is 0 Å². The first kappa shape index (κ1) is 10.8. The van der Waals surface area contributed by atoms with Crippen molar-refractivity contribution < 1.29 is 4.52 Å². The third-order valence-electron chi connectivity index (χ3n) is 3.25. The number of anilines is 1. The zero-order chi connectivity index (χ0) is 12.7. The van der Waals surface area contributed by atoms with Gasteiger partial charge in [-0.05, 0) is 49.2 Å². The smallest absolute Gasteiger partial charge is 0.167 e. The highest BCUT2D eigenvalue weighted by Gasteiger charge is 2.11. The van der Waals surface area contributed by atoms with Crippen LogP contribution in [0.4, 0.5) is 5.69 Å². The summed E-state index contributed by atoms with van der Waals surface area (Å²) in [6, 6.07) is 11.8. The molecule has 0 saturated carbocycles. The van der Waals surface area contributed by atoms with Crippen LogP contribution in [0.2, 0.25) is 0 Å². The van der Waals surface area contributed by atoms with Gasteiger partial charge in [-0.15, -0.1) is 0 Å². The fraction of sp³-hybridized carbons (Fsp3) is 0.133. The Kier molecular flexibility index (Phi) is 2.33. The summed E-state index contributed by atoms with van der Waals surface area (Å²) in [6.45, 7) is 4.16. The summed E-state index contributed by atoms with van der Waals surface area (Å²) in [5.74, 6) is 0. The summed E-state index contributed by atoms with van der Waals surface area (Å²) in [5.41, 5.74) is 11.6. The molecule has 3 nitrogen and oxygen atoms in total. The molecule has 0 aliphatic rings. The molecule has 0 unspecified atom stereocenters. The van der Waals surface area contributed by atoms with Crippen molar-refractivity contribution in [1.82, 2.24) is 5.16 Å². The van der Waals surface area contributed by atoms with E-state index in [1.165, 1.54) is 11.1 Å². The zero-order valence-corrected chi connectivity index (χ0v) is 10.4. The second kappa shape index (κ2) is 3.88. The maximum atomic E-state index is 5.80. The number of nitrogen functional groups attached to an aromatic ring is 1. The van der Waals surface area contributed by atoms with Gasteiger partial charge in [-0.25, -0.2) is 0 Å². The van der Waals surface area contributed by atoms with Gasteiger partial charge in [0.25, 0.3) is 0 Å². The number of nitrogens with zero attached hydrogens (tertiary/aromatic N) is 1. The average Bonchev–Trinajstić information content (AvgIpc) is 2.73. The minimum absolute atomic E-state index is 0.729. The molecule has 0 aliphatic carbocycles. The molecule has 0 aliphatic heterocycles. The van der Waals surface area contributed by atoms with Crippen LogP contribution in [0.25, 0.3) is 22.2 Å². The summed E-state index contributed by atoms with van der Waals surface area (Å²) < 4.78 is 5.39. The quantitative estimate of drug-likeness (QED) is 0.658. The number of fused-ring (bicyclic) bond motifs is 1. The first-order valence-electron chi connectivity index (χ1n) is 5.88. The van der Waals surface area contributed by atoms with Crippen LogP contribution in [0.15, 0.2) is 40.9 Å². The molecule has 1 aromatic heterocycles. The summed E-state index contributed by atoms with van der Waals surface area (Å²) in [7, 11) is 0. The van der Waals surface area contributed by atoms with Crippen LogP contribution in [0.3, 0.4) is 0 Å². The Morgan fingerprint density at radius 3 is 2.61 bits per heavy atom. The number of hydrogen-bond acceptors (Lipinski definition) is 3. The van der Waals surface area contributed by atoms with Crippen LogP contribution in [-0.2, 0) is 0 Å². The maximum Gasteiger partial charge on any atom is 0.167 e. The second-order valence-electron chi connectivity index (χ2n) is 4.59. The summed E-state index contributed by atoms with van der Waals surface area (Å²) in [6.07, 6.45) is 0. The van der Waals surface area contributed by atoms with Crippen LogP contribution < -0.4 is 5.73 Å².